The molecule has 0 bridgehead atoms. The molecule has 5 rings (SSSR count). The number of carbonyl (C=O) groups excluding carboxylic acids is 1. The topological polar surface area (TPSA) is 71.8 Å². The van der Waals surface area contributed by atoms with Crippen molar-refractivity contribution in [2.45, 2.75) is 18.9 Å². The average Bonchev–Trinajstić information content (AvgIpc) is 3.25. The Morgan fingerprint density at radius 3 is 2.59 bits per heavy atom. The average molecular weight is 541 g/mol. The zero-order valence-electron chi connectivity index (χ0n) is 18.5. The summed E-state index contributed by atoms with van der Waals surface area (Å²) < 4.78 is 7.79. The smallest absolute Gasteiger partial charge is 0.253 e. The first-order chi connectivity index (χ1) is 16.5. The normalized spacial score (nSPS) is 14.4. The van der Waals surface area contributed by atoms with Crippen molar-refractivity contribution in [2.24, 2.45) is 0 Å². The van der Waals surface area contributed by atoms with Gasteiger partial charge in [-0.1, -0.05) is 29.8 Å². The Hall–Kier alpha value is -3.10. The number of carbonyl (C=O) groups is 1. The van der Waals surface area contributed by atoms with Gasteiger partial charge >= 0.3 is 0 Å². The summed E-state index contributed by atoms with van der Waals surface area (Å²) in [5.41, 5.74) is 3.03. The first kappa shape index (κ1) is 22.7. The third-order valence-electron chi connectivity index (χ3n) is 6.05. The van der Waals surface area contributed by atoms with Gasteiger partial charge in [0.15, 0.2) is 5.65 Å². The second-order valence-electron chi connectivity index (χ2n) is 8.17. The Bertz CT molecular complexity index is 1330. The number of nitrogens with one attached hydrogen (secondary N) is 1. The molecule has 1 aliphatic heterocycles. The molecule has 174 valence electrons. The fourth-order valence-electron chi connectivity index (χ4n) is 4.20. The van der Waals surface area contributed by atoms with Gasteiger partial charge in [0, 0.05) is 41.3 Å². The molecule has 7 nitrogen and oxygen atoms in total. The number of benzene rings is 2. The Labute approximate surface area is 210 Å². The van der Waals surface area contributed by atoms with Crippen LogP contribution in [0.4, 0.5) is 5.82 Å². The molecule has 0 atom stereocenters. The summed E-state index contributed by atoms with van der Waals surface area (Å²) >= 11 is 9.99. The molecule has 0 radical (unpaired) electrons. The number of methoxy groups -OCH3 is 1. The third-order valence-corrected chi connectivity index (χ3v) is 6.94. The number of amides is 1. The van der Waals surface area contributed by atoms with Crippen LogP contribution in [-0.2, 0) is 0 Å². The number of anilines is 1. The van der Waals surface area contributed by atoms with Gasteiger partial charge in [0.1, 0.15) is 11.6 Å². The number of fused-ring (bicyclic) bond motifs is 1. The van der Waals surface area contributed by atoms with Crippen molar-refractivity contribution in [3.8, 4) is 17.0 Å². The van der Waals surface area contributed by atoms with Gasteiger partial charge < -0.3 is 15.0 Å². The summed E-state index contributed by atoms with van der Waals surface area (Å²) in [5.74, 6) is 1.62. The summed E-state index contributed by atoms with van der Waals surface area (Å²) in [7, 11) is 1.62. The molecule has 0 spiro atoms. The van der Waals surface area contributed by atoms with Gasteiger partial charge in [0.2, 0.25) is 0 Å². The highest BCUT2D eigenvalue weighted by Crippen LogP contribution is 2.31. The minimum absolute atomic E-state index is 0.0458. The van der Waals surface area contributed by atoms with Crippen molar-refractivity contribution >= 4 is 44.9 Å². The number of ether oxygens (including phenoxy) is 1. The van der Waals surface area contributed by atoms with Crippen LogP contribution in [0.15, 0.2) is 65.3 Å². The minimum Gasteiger partial charge on any atom is -0.497 e. The van der Waals surface area contributed by atoms with E-state index in [4.69, 9.17) is 21.3 Å². The van der Waals surface area contributed by atoms with Gasteiger partial charge in [0.25, 0.3) is 5.91 Å². The highest BCUT2D eigenvalue weighted by molar-refractivity contribution is 9.10. The van der Waals surface area contributed by atoms with E-state index in [-0.39, 0.29) is 11.9 Å². The Morgan fingerprint density at radius 1 is 1.15 bits per heavy atom. The summed E-state index contributed by atoms with van der Waals surface area (Å²) in [5, 5.41) is 8.74. The zero-order valence-corrected chi connectivity index (χ0v) is 20.9. The molecule has 2 aromatic carbocycles. The van der Waals surface area contributed by atoms with Crippen LogP contribution in [0.25, 0.3) is 16.9 Å². The standard InChI is InChI=1S/C25H23BrClN5O2/c1-34-18-8-6-16(7-9-18)25(33)31-12-10-17(11-13-31)29-23-14-22(19-4-2-3-5-21(19)27)30-24-20(26)15-28-32(23)24/h2-9,14-15,17,29H,10-13H2,1H3. The molecule has 1 amide bonds. The molecule has 0 aliphatic carbocycles. The van der Waals surface area contributed by atoms with Crippen LogP contribution in [-0.4, -0.2) is 51.6 Å². The molecule has 2 aromatic heterocycles. The van der Waals surface area contributed by atoms with E-state index >= 15 is 0 Å². The summed E-state index contributed by atoms with van der Waals surface area (Å²) in [6.07, 6.45) is 3.39. The molecular weight excluding hydrogens is 518 g/mol. The van der Waals surface area contributed by atoms with Crippen LogP contribution in [0.2, 0.25) is 5.02 Å². The number of likely N-dealkylation sites (tertiary alicyclic amines) is 1. The van der Waals surface area contributed by atoms with Crippen molar-refractivity contribution in [3.63, 3.8) is 0 Å². The van der Waals surface area contributed by atoms with E-state index in [9.17, 15) is 4.79 Å². The number of hydrogen-bond donors (Lipinski definition) is 1. The van der Waals surface area contributed by atoms with E-state index < -0.39 is 0 Å². The molecule has 1 aliphatic rings. The van der Waals surface area contributed by atoms with E-state index in [1.54, 1.807) is 17.8 Å². The predicted molar refractivity (Wildman–Crippen MR) is 137 cm³/mol. The fraction of sp³-hybridized carbons (Fsp3) is 0.240. The van der Waals surface area contributed by atoms with Crippen molar-refractivity contribution in [3.05, 3.63) is 75.9 Å². The van der Waals surface area contributed by atoms with E-state index in [2.05, 4.69) is 26.3 Å². The molecule has 0 saturated carbocycles. The van der Waals surface area contributed by atoms with Crippen molar-refractivity contribution < 1.29 is 9.53 Å². The molecular formula is C25H23BrClN5O2. The third kappa shape index (κ3) is 4.48. The monoisotopic (exact) mass is 539 g/mol. The maximum absolute atomic E-state index is 12.9. The minimum atomic E-state index is 0.0458. The number of aromatic nitrogens is 3. The number of rotatable bonds is 5. The van der Waals surface area contributed by atoms with E-state index in [0.29, 0.717) is 29.3 Å². The molecule has 1 N–H and O–H groups in total. The molecule has 9 heteroatoms. The van der Waals surface area contributed by atoms with Gasteiger partial charge in [-0.25, -0.2) is 4.98 Å². The number of hydrogen-bond acceptors (Lipinski definition) is 5. The van der Waals surface area contributed by atoms with Crippen molar-refractivity contribution in [1.29, 1.82) is 0 Å². The van der Waals surface area contributed by atoms with E-state index in [1.807, 2.05) is 59.5 Å². The zero-order chi connectivity index (χ0) is 23.7. The van der Waals surface area contributed by atoms with Gasteiger partial charge in [-0.15, -0.1) is 0 Å². The number of piperidine rings is 1. The fourth-order valence-corrected chi connectivity index (χ4v) is 4.78. The molecule has 1 fully saturated rings. The second-order valence-corrected chi connectivity index (χ2v) is 9.44. The van der Waals surface area contributed by atoms with Gasteiger partial charge in [0.05, 0.1) is 23.5 Å². The first-order valence-corrected chi connectivity index (χ1v) is 12.2. The van der Waals surface area contributed by atoms with Crippen LogP contribution in [0.1, 0.15) is 23.2 Å². The van der Waals surface area contributed by atoms with Crippen LogP contribution in [0.3, 0.4) is 0 Å². The Balaban J connectivity index is 1.33. The van der Waals surface area contributed by atoms with Crippen LogP contribution < -0.4 is 10.1 Å². The lowest BCUT2D eigenvalue weighted by Gasteiger charge is -2.33. The summed E-state index contributed by atoms with van der Waals surface area (Å²) in [6, 6.07) is 17.1. The molecule has 34 heavy (non-hydrogen) atoms. The number of nitrogens with zero attached hydrogens (tertiary/aromatic N) is 4. The quantitative estimate of drug-likeness (QED) is 0.360. The highest BCUT2D eigenvalue weighted by atomic mass is 79.9. The maximum atomic E-state index is 12.9. The lowest BCUT2D eigenvalue weighted by molar-refractivity contribution is 0.0718. The van der Waals surface area contributed by atoms with Crippen LogP contribution >= 0.6 is 27.5 Å². The van der Waals surface area contributed by atoms with Gasteiger partial charge in [-0.3, -0.25) is 4.79 Å². The number of halogens is 2. The largest absolute Gasteiger partial charge is 0.497 e. The predicted octanol–water partition coefficient (Wildman–Crippen LogP) is 5.54. The summed E-state index contributed by atoms with van der Waals surface area (Å²) in [6.45, 7) is 1.36. The lowest BCUT2D eigenvalue weighted by atomic mass is 10.0. The molecule has 0 unspecified atom stereocenters. The van der Waals surface area contributed by atoms with E-state index in [0.717, 1.165) is 40.1 Å². The lowest BCUT2D eigenvalue weighted by Crippen LogP contribution is -2.42. The summed E-state index contributed by atoms with van der Waals surface area (Å²) in [4.78, 5) is 19.6. The Morgan fingerprint density at radius 2 is 1.88 bits per heavy atom. The van der Waals surface area contributed by atoms with Crippen molar-refractivity contribution in [2.75, 3.05) is 25.5 Å². The first-order valence-electron chi connectivity index (χ1n) is 11.0. The van der Waals surface area contributed by atoms with Gasteiger partial charge in [-0.2, -0.15) is 9.61 Å². The molecule has 1 saturated heterocycles. The molecule has 3 heterocycles. The highest BCUT2D eigenvalue weighted by Gasteiger charge is 2.25. The van der Waals surface area contributed by atoms with Crippen molar-refractivity contribution in [1.82, 2.24) is 19.5 Å². The molecule has 4 aromatic rings. The Kier molecular flexibility index (Phi) is 6.43. The van der Waals surface area contributed by atoms with Crippen LogP contribution in [0.5, 0.6) is 5.75 Å². The SMILES string of the molecule is COc1ccc(C(=O)N2CCC(Nc3cc(-c4ccccc4Cl)nc4c(Br)cnn34)CC2)cc1. The van der Waals surface area contributed by atoms with Crippen LogP contribution in [0, 0.1) is 0 Å². The second kappa shape index (κ2) is 9.64. The van der Waals surface area contributed by atoms with Gasteiger partial charge in [-0.05, 0) is 59.1 Å². The van der Waals surface area contributed by atoms with E-state index in [1.165, 1.54) is 0 Å². The maximum Gasteiger partial charge on any atom is 0.253 e.